The number of amides is 1. The summed E-state index contributed by atoms with van der Waals surface area (Å²) in [5.41, 5.74) is 5.21. The Kier molecular flexibility index (Phi) is 3.65. The maximum absolute atomic E-state index is 12.5. The molecule has 5 heteroatoms. The van der Waals surface area contributed by atoms with Gasteiger partial charge in [-0.3, -0.25) is 4.79 Å². The minimum absolute atomic E-state index is 0.0269. The van der Waals surface area contributed by atoms with E-state index in [1.807, 2.05) is 4.68 Å². The third-order valence-electron chi connectivity index (χ3n) is 4.84. The summed E-state index contributed by atoms with van der Waals surface area (Å²) in [6, 6.07) is 8.31. The summed E-state index contributed by atoms with van der Waals surface area (Å²) in [6.45, 7) is 4.80. The maximum atomic E-state index is 12.5. The van der Waals surface area contributed by atoms with Crippen LogP contribution >= 0.6 is 0 Å². The van der Waals surface area contributed by atoms with Gasteiger partial charge in [-0.25, -0.2) is 4.68 Å². The summed E-state index contributed by atoms with van der Waals surface area (Å²) >= 11 is 0. The second-order valence-electron chi connectivity index (χ2n) is 6.61. The van der Waals surface area contributed by atoms with E-state index in [1.165, 1.54) is 11.3 Å². The number of hydrogen-bond acceptors (Lipinski definition) is 3. The van der Waals surface area contributed by atoms with Crippen LogP contribution in [0, 0.1) is 12.8 Å². The molecule has 5 nitrogen and oxygen atoms in total. The molecule has 1 saturated heterocycles. The minimum Gasteiger partial charge on any atom is -0.350 e. The van der Waals surface area contributed by atoms with E-state index in [2.05, 4.69) is 46.9 Å². The molecule has 4 rings (SSSR count). The first-order valence-corrected chi connectivity index (χ1v) is 8.39. The standard InChI is InChI=1S/C18H22N4O/c1-12-5-7-14(8-6-12)22-16-4-2-3-15(16)17(21-22)18(23)20-11-13-9-19-10-13/h5-8,13,19H,2-4,9-11H2,1H3,(H,20,23). The lowest BCUT2D eigenvalue weighted by Gasteiger charge is -2.26. The Morgan fingerprint density at radius 1 is 1.30 bits per heavy atom. The van der Waals surface area contributed by atoms with Gasteiger partial charge in [0.15, 0.2) is 5.69 Å². The van der Waals surface area contributed by atoms with E-state index >= 15 is 0 Å². The fraction of sp³-hybridized carbons (Fsp3) is 0.444. The molecule has 1 amide bonds. The number of rotatable bonds is 4. The molecule has 2 N–H and O–H groups in total. The van der Waals surface area contributed by atoms with Crippen molar-refractivity contribution in [1.29, 1.82) is 0 Å². The summed E-state index contributed by atoms with van der Waals surface area (Å²) < 4.78 is 1.96. The molecule has 2 aromatic rings. The second-order valence-corrected chi connectivity index (χ2v) is 6.61. The highest BCUT2D eigenvalue weighted by Gasteiger charge is 2.27. The molecular formula is C18H22N4O. The van der Waals surface area contributed by atoms with E-state index in [9.17, 15) is 4.79 Å². The van der Waals surface area contributed by atoms with Crippen LogP contribution in [0.25, 0.3) is 5.69 Å². The summed E-state index contributed by atoms with van der Waals surface area (Å²) in [5, 5.41) is 10.9. The molecule has 0 atom stereocenters. The van der Waals surface area contributed by atoms with Crippen molar-refractivity contribution < 1.29 is 4.79 Å². The van der Waals surface area contributed by atoms with Gasteiger partial charge in [0.25, 0.3) is 5.91 Å². The predicted octanol–water partition coefficient (Wildman–Crippen LogP) is 1.62. The molecule has 120 valence electrons. The van der Waals surface area contributed by atoms with Crippen LogP contribution in [0.15, 0.2) is 24.3 Å². The van der Waals surface area contributed by atoms with E-state index in [-0.39, 0.29) is 5.91 Å². The van der Waals surface area contributed by atoms with E-state index in [0.29, 0.717) is 11.6 Å². The highest BCUT2D eigenvalue weighted by molar-refractivity contribution is 5.94. The molecule has 1 aliphatic heterocycles. The highest BCUT2D eigenvalue weighted by atomic mass is 16.2. The molecule has 23 heavy (non-hydrogen) atoms. The zero-order valence-electron chi connectivity index (χ0n) is 13.4. The number of fused-ring (bicyclic) bond motifs is 1. The van der Waals surface area contributed by atoms with Crippen LogP contribution < -0.4 is 10.6 Å². The quantitative estimate of drug-likeness (QED) is 0.902. The van der Waals surface area contributed by atoms with Gasteiger partial charge in [0, 0.05) is 36.8 Å². The molecule has 1 aromatic carbocycles. The zero-order chi connectivity index (χ0) is 15.8. The molecule has 0 spiro atoms. The fourth-order valence-corrected chi connectivity index (χ4v) is 3.33. The summed E-state index contributed by atoms with van der Waals surface area (Å²) in [5.74, 6) is 0.534. The molecule has 1 aliphatic carbocycles. The van der Waals surface area contributed by atoms with Gasteiger partial charge in [-0.1, -0.05) is 17.7 Å². The molecule has 0 saturated carbocycles. The monoisotopic (exact) mass is 310 g/mol. The Morgan fingerprint density at radius 3 is 2.78 bits per heavy atom. The van der Waals surface area contributed by atoms with Gasteiger partial charge in [0.2, 0.25) is 0 Å². The van der Waals surface area contributed by atoms with E-state index in [0.717, 1.165) is 50.1 Å². The molecular weight excluding hydrogens is 288 g/mol. The van der Waals surface area contributed by atoms with Crippen molar-refractivity contribution in [2.45, 2.75) is 26.2 Å². The highest BCUT2D eigenvalue weighted by Crippen LogP contribution is 2.28. The van der Waals surface area contributed by atoms with Crippen LogP contribution in [0.5, 0.6) is 0 Å². The number of nitrogens with zero attached hydrogens (tertiary/aromatic N) is 2. The second kappa shape index (κ2) is 5.81. The van der Waals surface area contributed by atoms with Gasteiger partial charge in [0.05, 0.1) is 5.69 Å². The fourth-order valence-electron chi connectivity index (χ4n) is 3.33. The summed E-state index contributed by atoms with van der Waals surface area (Å²) in [4.78, 5) is 12.5. The van der Waals surface area contributed by atoms with Crippen LogP contribution in [0.1, 0.15) is 33.7 Å². The van der Waals surface area contributed by atoms with Crippen LogP contribution in [0.2, 0.25) is 0 Å². The van der Waals surface area contributed by atoms with Gasteiger partial charge < -0.3 is 10.6 Å². The third kappa shape index (κ3) is 2.65. The van der Waals surface area contributed by atoms with Crippen molar-refractivity contribution in [1.82, 2.24) is 20.4 Å². The van der Waals surface area contributed by atoms with Crippen LogP contribution in [0.3, 0.4) is 0 Å². The van der Waals surface area contributed by atoms with Crippen LogP contribution in [-0.2, 0) is 12.8 Å². The Morgan fingerprint density at radius 2 is 2.09 bits per heavy atom. The number of nitrogens with one attached hydrogen (secondary N) is 2. The van der Waals surface area contributed by atoms with Crippen molar-refractivity contribution in [3.05, 3.63) is 46.8 Å². The lowest BCUT2D eigenvalue weighted by Crippen LogP contribution is -2.48. The van der Waals surface area contributed by atoms with E-state index in [4.69, 9.17) is 0 Å². The predicted molar refractivity (Wildman–Crippen MR) is 89.0 cm³/mol. The lowest BCUT2D eigenvalue weighted by atomic mass is 10.0. The van der Waals surface area contributed by atoms with E-state index in [1.54, 1.807) is 0 Å². The topological polar surface area (TPSA) is 59.0 Å². The Bertz CT molecular complexity index is 728. The molecule has 0 bridgehead atoms. The van der Waals surface area contributed by atoms with Gasteiger partial charge in [-0.15, -0.1) is 0 Å². The zero-order valence-corrected chi connectivity index (χ0v) is 13.4. The first-order valence-electron chi connectivity index (χ1n) is 8.39. The van der Waals surface area contributed by atoms with Crippen LogP contribution in [-0.4, -0.2) is 35.3 Å². The Labute approximate surface area is 136 Å². The van der Waals surface area contributed by atoms with Gasteiger partial charge in [-0.2, -0.15) is 5.10 Å². The van der Waals surface area contributed by atoms with Crippen molar-refractivity contribution in [2.24, 2.45) is 5.92 Å². The average Bonchev–Trinajstić information content (AvgIpc) is 3.08. The molecule has 1 fully saturated rings. The smallest absolute Gasteiger partial charge is 0.272 e. The molecule has 1 aromatic heterocycles. The molecule has 0 radical (unpaired) electrons. The molecule has 2 heterocycles. The molecule has 0 unspecified atom stereocenters. The van der Waals surface area contributed by atoms with Crippen LogP contribution in [0.4, 0.5) is 0 Å². The minimum atomic E-state index is -0.0269. The Balaban J connectivity index is 1.61. The van der Waals surface area contributed by atoms with Gasteiger partial charge in [0.1, 0.15) is 0 Å². The number of hydrogen-bond donors (Lipinski definition) is 2. The summed E-state index contributed by atoms with van der Waals surface area (Å²) in [7, 11) is 0. The van der Waals surface area contributed by atoms with Crippen molar-refractivity contribution >= 4 is 5.91 Å². The van der Waals surface area contributed by atoms with E-state index < -0.39 is 0 Å². The number of benzene rings is 1. The van der Waals surface area contributed by atoms with Crippen molar-refractivity contribution in [2.75, 3.05) is 19.6 Å². The Hall–Kier alpha value is -2.14. The third-order valence-corrected chi connectivity index (χ3v) is 4.84. The molecule has 2 aliphatic rings. The maximum Gasteiger partial charge on any atom is 0.272 e. The normalized spacial score (nSPS) is 16.9. The number of carbonyl (C=O) groups excluding carboxylic acids is 1. The van der Waals surface area contributed by atoms with Gasteiger partial charge >= 0.3 is 0 Å². The largest absolute Gasteiger partial charge is 0.350 e. The number of carbonyl (C=O) groups is 1. The first kappa shape index (κ1) is 14.5. The van der Waals surface area contributed by atoms with Gasteiger partial charge in [-0.05, 0) is 38.3 Å². The number of aryl methyl sites for hydroxylation is 1. The van der Waals surface area contributed by atoms with Crippen molar-refractivity contribution in [3.63, 3.8) is 0 Å². The average molecular weight is 310 g/mol. The lowest BCUT2D eigenvalue weighted by molar-refractivity contribution is 0.0936. The van der Waals surface area contributed by atoms with Crippen molar-refractivity contribution in [3.8, 4) is 5.69 Å². The SMILES string of the molecule is Cc1ccc(-n2nc(C(=O)NCC3CNC3)c3c2CCC3)cc1. The first-order chi connectivity index (χ1) is 11.2. The number of aromatic nitrogens is 2. The summed E-state index contributed by atoms with van der Waals surface area (Å²) in [6.07, 6.45) is 3.05.